The van der Waals surface area contributed by atoms with Crippen LogP contribution in [-0.2, 0) is 4.74 Å². The van der Waals surface area contributed by atoms with Gasteiger partial charge in [-0.2, -0.15) is 0 Å². The van der Waals surface area contributed by atoms with Gasteiger partial charge in [-0.25, -0.2) is 0 Å². The van der Waals surface area contributed by atoms with E-state index in [1.54, 1.807) is 14.2 Å². The fourth-order valence-corrected chi connectivity index (χ4v) is 3.66. The van der Waals surface area contributed by atoms with Gasteiger partial charge in [-0.05, 0) is 31.7 Å². The van der Waals surface area contributed by atoms with Crippen molar-refractivity contribution in [3.05, 3.63) is 17.7 Å². The highest BCUT2D eigenvalue weighted by atomic mass is 16.5. The minimum Gasteiger partial charge on any atom is -0.493 e. The summed E-state index contributed by atoms with van der Waals surface area (Å²) in [6, 6.07) is 4.43. The Kier molecular flexibility index (Phi) is 4.74. The third kappa shape index (κ3) is 2.75. The van der Waals surface area contributed by atoms with Gasteiger partial charge < -0.3 is 24.6 Å². The summed E-state index contributed by atoms with van der Waals surface area (Å²) in [5, 5.41) is 12.6. The predicted molar refractivity (Wildman–Crippen MR) is 84.7 cm³/mol. The van der Waals surface area contributed by atoms with Crippen LogP contribution in [0.5, 0.6) is 11.5 Å². The summed E-state index contributed by atoms with van der Waals surface area (Å²) in [5.74, 6) is 1.97. The lowest BCUT2D eigenvalue weighted by molar-refractivity contribution is 0.0814. The van der Waals surface area contributed by atoms with E-state index in [-0.39, 0.29) is 12.7 Å². The van der Waals surface area contributed by atoms with E-state index >= 15 is 0 Å². The second kappa shape index (κ2) is 6.75. The van der Waals surface area contributed by atoms with Crippen LogP contribution in [0.4, 0.5) is 5.69 Å². The number of anilines is 1. The van der Waals surface area contributed by atoms with Crippen molar-refractivity contribution in [1.82, 2.24) is 0 Å². The summed E-state index contributed by atoms with van der Waals surface area (Å²) in [6.45, 7) is 1.07. The van der Waals surface area contributed by atoms with Crippen molar-refractivity contribution in [1.29, 1.82) is 0 Å². The Morgan fingerprint density at radius 1 is 1.23 bits per heavy atom. The summed E-state index contributed by atoms with van der Waals surface area (Å²) >= 11 is 0. The molecular weight excluding hydrogens is 282 g/mol. The van der Waals surface area contributed by atoms with E-state index in [4.69, 9.17) is 19.3 Å². The first-order valence-electron chi connectivity index (χ1n) is 8.03. The molecule has 1 fully saturated rings. The molecule has 0 unspecified atom stereocenters. The predicted octanol–water partition coefficient (Wildman–Crippen LogP) is 2.74. The SMILES string of the molecule is COc1cc2c(cc1OC)[C@H]1OCC[C@H]1[C@@H](CCCCO)N2. The molecule has 3 rings (SSSR count). The van der Waals surface area contributed by atoms with Crippen molar-refractivity contribution in [3.8, 4) is 11.5 Å². The van der Waals surface area contributed by atoms with Gasteiger partial charge in [-0.1, -0.05) is 0 Å². The average molecular weight is 307 g/mol. The van der Waals surface area contributed by atoms with Crippen LogP contribution in [0.3, 0.4) is 0 Å². The highest BCUT2D eigenvalue weighted by Gasteiger charge is 2.41. The molecule has 2 heterocycles. The molecule has 0 aromatic heterocycles. The normalized spacial score (nSPS) is 26.0. The number of aliphatic hydroxyl groups is 1. The molecule has 2 aliphatic heterocycles. The second-order valence-electron chi connectivity index (χ2n) is 6.01. The molecule has 0 spiro atoms. The molecule has 1 aromatic carbocycles. The van der Waals surface area contributed by atoms with E-state index in [0.717, 1.165) is 49.5 Å². The third-order valence-electron chi connectivity index (χ3n) is 4.78. The van der Waals surface area contributed by atoms with Crippen molar-refractivity contribution in [3.63, 3.8) is 0 Å². The number of unbranched alkanes of at least 4 members (excludes halogenated alkanes) is 1. The summed E-state index contributed by atoms with van der Waals surface area (Å²) in [5.41, 5.74) is 2.24. The Morgan fingerprint density at radius 2 is 2.00 bits per heavy atom. The number of fused-ring (bicyclic) bond motifs is 3. The molecule has 5 nitrogen and oxygen atoms in total. The number of rotatable bonds is 6. The van der Waals surface area contributed by atoms with Gasteiger partial charge >= 0.3 is 0 Å². The average Bonchev–Trinajstić information content (AvgIpc) is 3.04. The van der Waals surface area contributed by atoms with E-state index in [9.17, 15) is 0 Å². The van der Waals surface area contributed by atoms with Gasteiger partial charge in [0.25, 0.3) is 0 Å². The molecule has 0 saturated carbocycles. The zero-order valence-corrected chi connectivity index (χ0v) is 13.3. The Hall–Kier alpha value is -1.46. The minimum atomic E-state index is 0.134. The molecule has 0 amide bonds. The smallest absolute Gasteiger partial charge is 0.162 e. The summed E-state index contributed by atoms with van der Waals surface area (Å²) in [7, 11) is 3.31. The van der Waals surface area contributed by atoms with Crippen LogP contribution in [0.25, 0.3) is 0 Å². The monoisotopic (exact) mass is 307 g/mol. The Balaban J connectivity index is 1.88. The number of methoxy groups -OCH3 is 2. The zero-order chi connectivity index (χ0) is 15.5. The standard InChI is InChI=1S/C17H25NO4/c1-20-15-9-12-14(10-16(15)21-2)18-13(5-3-4-7-19)11-6-8-22-17(11)12/h9-11,13,17-19H,3-8H2,1-2H3/t11-,13+,17-/m0/s1. The first-order chi connectivity index (χ1) is 10.8. The van der Waals surface area contributed by atoms with Crippen LogP contribution in [0.15, 0.2) is 12.1 Å². The fourth-order valence-electron chi connectivity index (χ4n) is 3.66. The highest BCUT2D eigenvalue weighted by Crippen LogP contribution is 2.48. The molecule has 22 heavy (non-hydrogen) atoms. The molecule has 2 aliphatic rings. The highest BCUT2D eigenvalue weighted by molar-refractivity contribution is 5.63. The molecule has 5 heteroatoms. The number of hydrogen-bond acceptors (Lipinski definition) is 5. The van der Waals surface area contributed by atoms with Crippen LogP contribution in [0.2, 0.25) is 0 Å². The zero-order valence-electron chi connectivity index (χ0n) is 13.3. The van der Waals surface area contributed by atoms with Crippen molar-refractivity contribution in [2.75, 3.05) is 32.8 Å². The van der Waals surface area contributed by atoms with E-state index < -0.39 is 0 Å². The van der Waals surface area contributed by atoms with E-state index in [1.165, 1.54) is 5.56 Å². The lowest BCUT2D eigenvalue weighted by atomic mass is 9.82. The van der Waals surface area contributed by atoms with Crippen LogP contribution in [0.1, 0.15) is 37.4 Å². The van der Waals surface area contributed by atoms with Crippen molar-refractivity contribution >= 4 is 5.69 Å². The molecule has 1 saturated heterocycles. The summed E-state index contributed by atoms with van der Waals surface area (Å²) in [6.07, 6.45) is 4.15. The van der Waals surface area contributed by atoms with Gasteiger partial charge in [0.05, 0.1) is 20.3 Å². The Labute approximate surface area is 131 Å². The maximum Gasteiger partial charge on any atom is 0.162 e. The topological polar surface area (TPSA) is 60.0 Å². The number of nitrogens with one attached hydrogen (secondary N) is 1. The number of aliphatic hydroxyl groups excluding tert-OH is 1. The molecule has 0 aliphatic carbocycles. The summed E-state index contributed by atoms with van der Waals surface area (Å²) < 4.78 is 16.8. The van der Waals surface area contributed by atoms with Crippen LogP contribution < -0.4 is 14.8 Å². The molecule has 2 N–H and O–H groups in total. The van der Waals surface area contributed by atoms with Crippen molar-refractivity contribution < 1.29 is 19.3 Å². The van der Waals surface area contributed by atoms with Gasteiger partial charge in [0.1, 0.15) is 0 Å². The van der Waals surface area contributed by atoms with Gasteiger partial charge in [0.15, 0.2) is 11.5 Å². The van der Waals surface area contributed by atoms with Crippen LogP contribution >= 0.6 is 0 Å². The van der Waals surface area contributed by atoms with Gasteiger partial charge in [-0.15, -0.1) is 0 Å². The Bertz CT molecular complexity index is 520. The van der Waals surface area contributed by atoms with Gasteiger partial charge in [0.2, 0.25) is 0 Å². The van der Waals surface area contributed by atoms with E-state index in [2.05, 4.69) is 5.32 Å². The maximum absolute atomic E-state index is 8.99. The number of hydrogen-bond donors (Lipinski definition) is 2. The Morgan fingerprint density at radius 3 is 2.73 bits per heavy atom. The first-order valence-corrected chi connectivity index (χ1v) is 8.03. The quantitative estimate of drug-likeness (QED) is 0.791. The lowest BCUT2D eigenvalue weighted by Gasteiger charge is -2.36. The van der Waals surface area contributed by atoms with Crippen molar-refractivity contribution in [2.24, 2.45) is 5.92 Å². The fraction of sp³-hybridized carbons (Fsp3) is 0.647. The van der Waals surface area contributed by atoms with E-state index in [0.29, 0.717) is 12.0 Å². The van der Waals surface area contributed by atoms with Crippen molar-refractivity contribution in [2.45, 2.75) is 37.8 Å². The number of ether oxygens (including phenoxy) is 3. The third-order valence-corrected chi connectivity index (χ3v) is 4.78. The first kappa shape index (κ1) is 15.4. The lowest BCUT2D eigenvalue weighted by Crippen LogP contribution is -2.36. The molecule has 0 bridgehead atoms. The molecule has 0 radical (unpaired) electrons. The van der Waals surface area contributed by atoms with E-state index in [1.807, 2.05) is 12.1 Å². The largest absolute Gasteiger partial charge is 0.493 e. The molecule has 1 aromatic rings. The van der Waals surface area contributed by atoms with Gasteiger partial charge in [-0.3, -0.25) is 0 Å². The van der Waals surface area contributed by atoms with Crippen LogP contribution in [-0.4, -0.2) is 38.6 Å². The molecular formula is C17H25NO4. The van der Waals surface area contributed by atoms with Gasteiger partial charge in [0, 0.05) is 42.5 Å². The maximum atomic E-state index is 8.99. The van der Waals surface area contributed by atoms with Crippen LogP contribution in [0, 0.1) is 5.92 Å². The molecule has 122 valence electrons. The second-order valence-corrected chi connectivity index (χ2v) is 6.01. The summed E-state index contributed by atoms with van der Waals surface area (Å²) in [4.78, 5) is 0. The minimum absolute atomic E-state index is 0.134. The number of benzene rings is 1. The molecule has 3 atom stereocenters.